The molecule has 0 spiro atoms. The first-order valence-corrected chi connectivity index (χ1v) is 9.82. The van der Waals surface area contributed by atoms with Gasteiger partial charge < -0.3 is 15.4 Å². The smallest absolute Gasteiger partial charge is 0.253 e. The molecular formula is C21H22ClF2N3O3. The van der Waals surface area contributed by atoms with E-state index in [0.717, 1.165) is 6.07 Å². The van der Waals surface area contributed by atoms with E-state index in [2.05, 4.69) is 5.32 Å². The van der Waals surface area contributed by atoms with E-state index in [1.807, 2.05) is 0 Å². The summed E-state index contributed by atoms with van der Waals surface area (Å²) in [6, 6.07) is 10.2. The van der Waals surface area contributed by atoms with Gasteiger partial charge in [-0.15, -0.1) is 0 Å². The van der Waals surface area contributed by atoms with E-state index in [-0.39, 0.29) is 55.7 Å². The van der Waals surface area contributed by atoms with Gasteiger partial charge in [0.25, 0.3) is 5.91 Å². The van der Waals surface area contributed by atoms with Crippen LogP contribution in [0.4, 0.5) is 8.78 Å². The SMILES string of the molecule is NC(=O)c1cccc(OCNCC2(F)CCN(C(=O)c3ccc(F)c(Cl)c3)CC2)c1. The van der Waals surface area contributed by atoms with Crippen molar-refractivity contribution < 1.29 is 23.1 Å². The molecule has 0 aliphatic carbocycles. The summed E-state index contributed by atoms with van der Waals surface area (Å²) in [5.41, 5.74) is 4.35. The number of carbonyl (C=O) groups excluding carboxylic acids is 2. The zero-order valence-corrected chi connectivity index (χ0v) is 16.9. The Bertz CT molecular complexity index is 933. The van der Waals surface area contributed by atoms with Crippen LogP contribution in [0.25, 0.3) is 0 Å². The van der Waals surface area contributed by atoms with Gasteiger partial charge in [0.2, 0.25) is 5.91 Å². The van der Waals surface area contributed by atoms with Crippen molar-refractivity contribution in [2.24, 2.45) is 5.73 Å². The summed E-state index contributed by atoms with van der Waals surface area (Å²) in [5.74, 6) is -1.00. The number of benzene rings is 2. The fourth-order valence-electron chi connectivity index (χ4n) is 3.25. The number of rotatable bonds is 7. The minimum absolute atomic E-state index is 0.0601. The number of ether oxygens (including phenoxy) is 1. The normalized spacial score (nSPS) is 15.6. The Kier molecular flexibility index (Phi) is 6.89. The third-order valence-electron chi connectivity index (χ3n) is 5.01. The van der Waals surface area contributed by atoms with Crippen molar-refractivity contribution in [2.75, 3.05) is 26.4 Å². The lowest BCUT2D eigenvalue weighted by molar-refractivity contribution is 0.0413. The molecule has 1 fully saturated rings. The lowest BCUT2D eigenvalue weighted by Gasteiger charge is -2.36. The largest absolute Gasteiger partial charge is 0.478 e. The number of nitrogens with zero attached hydrogens (tertiary/aromatic N) is 1. The van der Waals surface area contributed by atoms with Gasteiger partial charge in [0.05, 0.1) is 5.02 Å². The van der Waals surface area contributed by atoms with Gasteiger partial charge in [-0.25, -0.2) is 8.78 Å². The Morgan fingerprint density at radius 1 is 1.17 bits per heavy atom. The summed E-state index contributed by atoms with van der Waals surface area (Å²) in [4.78, 5) is 25.2. The number of nitrogens with two attached hydrogens (primary N) is 1. The first-order chi connectivity index (χ1) is 14.3. The van der Waals surface area contributed by atoms with Gasteiger partial charge >= 0.3 is 0 Å². The van der Waals surface area contributed by atoms with Crippen LogP contribution in [0.2, 0.25) is 5.02 Å². The van der Waals surface area contributed by atoms with Crippen LogP contribution in [0, 0.1) is 5.82 Å². The maximum atomic E-state index is 15.0. The molecule has 2 aromatic rings. The summed E-state index contributed by atoms with van der Waals surface area (Å²) in [7, 11) is 0. The van der Waals surface area contributed by atoms with Crippen molar-refractivity contribution in [3.05, 3.63) is 64.4 Å². The van der Waals surface area contributed by atoms with E-state index in [1.165, 1.54) is 23.1 Å². The summed E-state index contributed by atoms with van der Waals surface area (Å²) >= 11 is 5.73. The summed E-state index contributed by atoms with van der Waals surface area (Å²) in [5, 5.41) is 2.78. The van der Waals surface area contributed by atoms with Crippen molar-refractivity contribution in [1.29, 1.82) is 0 Å². The quantitative estimate of drug-likeness (QED) is 0.515. The van der Waals surface area contributed by atoms with Crippen LogP contribution in [-0.2, 0) is 0 Å². The van der Waals surface area contributed by atoms with Crippen LogP contribution in [0.5, 0.6) is 5.75 Å². The van der Waals surface area contributed by atoms with Crippen LogP contribution < -0.4 is 15.8 Å². The topological polar surface area (TPSA) is 84.7 Å². The molecule has 2 amide bonds. The molecule has 2 aromatic carbocycles. The molecule has 3 rings (SSSR count). The molecule has 0 aromatic heterocycles. The predicted octanol–water partition coefficient (Wildman–Crippen LogP) is 3.15. The lowest BCUT2D eigenvalue weighted by atomic mass is 9.93. The average Bonchev–Trinajstić information content (AvgIpc) is 2.73. The van der Waals surface area contributed by atoms with Gasteiger partial charge in [-0.3, -0.25) is 14.9 Å². The van der Waals surface area contributed by atoms with Crippen molar-refractivity contribution in [3.63, 3.8) is 0 Å². The third-order valence-corrected chi connectivity index (χ3v) is 5.30. The highest BCUT2D eigenvalue weighted by Gasteiger charge is 2.36. The standard InChI is InChI=1S/C21H22ClF2N3O3/c22-17-11-15(4-5-18(17)23)20(29)27-8-6-21(24,7-9-27)12-26-13-30-16-3-1-2-14(10-16)19(25)28/h1-5,10-11,26H,6-9,12-13H2,(H2,25,28). The Labute approximate surface area is 177 Å². The fourth-order valence-corrected chi connectivity index (χ4v) is 3.43. The number of nitrogens with one attached hydrogen (secondary N) is 1. The van der Waals surface area contributed by atoms with Gasteiger partial charge in [-0.2, -0.15) is 0 Å². The highest BCUT2D eigenvalue weighted by atomic mass is 35.5. The maximum absolute atomic E-state index is 15.0. The minimum Gasteiger partial charge on any atom is -0.478 e. The van der Waals surface area contributed by atoms with Crippen LogP contribution in [-0.4, -0.2) is 48.7 Å². The molecular weight excluding hydrogens is 416 g/mol. The number of piperidine rings is 1. The monoisotopic (exact) mass is 437 g/mol. The number of halogens is 3. The first kappa shape index (κ1) is 22.0. The molecule has 0 atom stereocenters. The number of alkyl halides is 1. The zero-order valence-electron chi connectivity index (χ0n) is 16.2. The molecule has 30 heavy (non-hydrogen) atoms. The lowest BCUT2D eigenvalue weighted by Crippen LogP contribution is -2.49. The molecule has 1 aliphatic rings. The van der Waals surface area contributed by atoms with E-state index < -0.39 is 17.4 Å². The van der Waals surface area contributed by atoms with Crippen LogP contribution in [0.15, 0.2) is 42.5 Å². The zero-order chi connectivity index (χ0) is 21.7. The molecule has 1 aliphatic heterocycles. The number of likely N-dealkylation sites (tertiary alicyclic amines) is 1. The van der Waals surface area contributed by atoms with Crippen molar-refractivity contribution in [2.45, 2.75) is 18.5 Å². The van der Waals surface area contributed by atoms with Gasteiger partial charge in [0.15, 0.2) is 0 Å². The maximum Gasteiger partial charge on any atom is 0.253 e. The Morgan fingerprint density at radius 2 is 1.90 bits per heavy atom. The number of primary amides is 1. The van der Waals surface area contributed by atoms with E-state index in [1.54, 1.807) is 18.2 Å². The first-order valence-electron chi connectivity index (χ1n) is 9.44. The van der Waals surface area contributed by atoms with E-state index in [9.17, 15) is 14.0 Å². The second-order valence-corrected chi connectivity index (χ2v) is 7.59. The molecule has 0 bridgehead atoms. The van der Waals surface area contributed by atoms with Crippen molar-refractivity contribution in [3.8, 4) is 5.75 Å². The summed E-state index contributed by atoms with van der Waals surface area (Å²) in [6.07, 6.45) is 0.329. The molecule has 9 heteroatoms. The number of carbonyl (C=O) groups is 2. The molecule has 0 radical (unpaired) electrons. The molecule has 0 unspecified atom stereocenters. The second kappa shape index (κ2) is 9.40. The molecule has 0 saturated carbocycles. The van der Waals surface area contributed by atoms with Crippen LogP contribution in [0.3, 0.4) is 0 Å². The molecule has 160 valence electrons. The van der Waals surface area contributed by atoms with Crippen molar-refractivity contribution in [1.82, 2.24) is 10.2 Å². The van der Waals surface area contributed by atoms with Gasteiger partial charge in [0, 0.05) is 43.6 Å². The molecule has 3 N–H and O–H groups in total. The molecule has 6 nitrogen and oxygen atoms in total. The van der Waals surface area contributed by atoms with Crippen LogP contribution >= 0.6 is 11.6 Å². The van der Waals surface area contributed by atoms with Gasteiger partial charge in [-0.05, 0) is 36.4 Å². The van der Waals surface area contributed by atoms with E-state index in [4.69, 9.17) is 22.1 Å². The average molecular weight is 438 g/mol. The number of hydrogen-bond acceptors (Lipinski definition) is 4. The fraction of sp³-hybridized carbons (Fsp3) is 0.333. The second-order valence-electron chi connectivity index (χ2n) is 7.18. The summed E-state index contributed by atoms with van der Waals surface area (Å²) < 4.78 is 33.8. The Morgan fingerprint density at radius 3 is 2.57 bits per heavy atom. The summed E-state index contributed by atoms with van der Waals surface area (Å²) in [6.45, 7) is 0.610. The third kappa shape index (κ3) is 5.46. The van der Waals surface area contributed by atoms with E-state index >= 15 is 4.39 Å². The molecule has 1 saturated heterocycles. The number of amides is 2. The van der Waals surface area contributed by atoms with Gasteiger partial charge in [-0.1, -0.05) is 17.7 Å². The minimum atomic E-state index is -1.48. The number of hydrogen-bond donors (Lipinski definition) is 2. The molecule has 1 heterocycles. The predicted molar refractivity (Wildman–Crippen MR) is 109 cm³/mol. The Hall–Kier alpha value is -2.71. The van der Waals surface area contributed by atoms with Crippen molar-refractivity contribution >= 4 is 23.4 Å². The highest BCUT2D eigenvalue weighted by molar-refractivity contribution is 6.31. The van der Waals surface area contributed by atoms with E-state index in [0.29, 0.717) is 11.3 Å². The van der Waals surface area contributed by atoms with Gasteiger partial charge in [0.1, 0.15) is 24.0 Å². The Balaban J connectivity index is 1.45. The highest BCUT2D eigenvalue weighted by Crippen LogP contribution is 2.27. The van der Waals surface area contributed by atoms with Crippen LogP contribution in [0.1, 0.15) is 33.6 Å².